The summed E-state index contributed by atoms with van der Waals surface area (Å²) in [5.41, 5.74) is 1.71. The molecule has 0 bridgehead atoms. The quantitative estimate of drug-likeness (QED) is 0.467. The van der Waals surface area contributed by atoms with Gasteiger partial charge in [0.2, 0.25) is 6.20 Å². The third kappa shape index (κ3) is 2.23. The van der Waals surface area contributed by atoms with E-state index in [-0.39, 0.29) is 0 Å². The van der Waals surface area contributed by atoms with Crippen molar-refractivity contribution in [3.05, 3.63) is 45.6 Å². The molecule has 2 rings (SSSR count). The molecule has 0 aromatic heterocycles. The van der Waals surface area contributed by atoms with Gasteiger partial charge in [0.05, 0.1) is 10.5 Å². The maximum atomic E-state index is 10.2. The van der Waals surface area contributed by atoms with E-state index in [1.807, 2.05) is 19.9 Å². The molecular formula is C11H12BNO4. The number of hydrogen-bond donors (Lipinski definition) is 1. The normalized spacial score (nSPS) is 17.5. The van der Waals surface area contributed by atoms with Gasteiger partial charge in [-0.25, -0.2) is 0 Å². The topological polar surface area (TPSA) is 72.6 Å². The van der Waals surface area contributed by atoms with Crippen LogP contribution in [0.3, 0.4) is 0 Å². The Labute approximate surface area is 99.0 Å². The van der Waals surface area contributed by atoms with Gasteiger partial charge in [-0.1, -0.05) is 18.2 Å². The van der Waals surface area contributed by atoms with Gasteiger partial charge in [-0.05, 0) is 30.4 Å². The summed E-state index contributed by atoms with van der Waals surface area (Å²) in [6, 6.07) is 5.29. The van der Waals surface area contributed by atoms with E-state index < -0.39 is 17.6 Å². The fraction of sp³-hybridized carbons (Fsp3) is 0.273. The van der Waals surface area contributed by atoms with Crippen LogP contribution in [0.4, 0.5) is 0 Å². The zero-order valence-electron chi connectivity index (χ0n) is 9.58. The van der Waals surface area contributed by atoms with Gasteiger partial charge >= 0.3 is 7.12 Å². The molecular weight excluding hydrogens is 221 g/mol. The average Bonchev–Trinajstić information content (AvgIpc) is 2.46. The highest BCUT2D eigenvalue weighted by molar-refractivity contribution is 6.62. The van der Waals surface area contributed by atoms with Crippen molar-refractivity contribution in [3.63, 3.8) is 0 Å². The zero-order valence-corrected chi connectivity index (χ0v) is 9.58. The monoisotopic (exact) mass is 233 g/mol. The summed E-state index contributed by atoms with van der Waals surface area (Å²) in [7, 11) is -0.969. The number of hydrogen-bond acceptors (Lipinski definition) is 4. The molecule has 5 nitrogen and oxygen atoms in total. The van der Waals surface area contributed by atoms with E-state index in [1.165, 1.54) is 6.08 Å². The molecule has 0 spiro atoms. The van der Waals surface area contributed by atoms with Gasteiger partial charge in [0.25, 0.3) is 0 Å². The molecule has 1 heterocycles. The Hall–Kier alpha value is -1.66. The number of nitro groups is 1. The largest absolute Gasteiger partial charge is 0.492 e. The molecule has 17 heavy (non-hydrogen) atoms. The fourth-order valence-electron chi connectivity index (χ4n) is 1.99. The molecule has 0 saturated carbocycles. The van der Waals surface area contributed by atoms with Crippen LogP contribution in [-0.2, 0) is 10.3 Å². The lowest BCUT2D eigenvalue weighted by Crippen LogP contribution is -2.28. The highest BCUT2D eigenvalue weighted by Crippen LogP contribution is 2.29. The van der Waals surface area contributed by atoms with Gasteiger partial charge in [0.1, 0.15) is 0 Å². The molecule has 88 valence electrons. The van der Waals surface area contributed by atoms with Crippen LogP contribution < -0.4 is 5.46 Å². The number of fused-ring (bicyclic) bond motifs is 1. The number of benzene rings is 1. The zero-order chi connectivity index (χ0) is 12.6. The van der Waals surface area contributed by atoms with E-state index in [0.717, 1.165) is 11.8 Å². The molecule has 0 radical (unpaired) electrons. The minimum Gasteiger partial charge on any atom is -0.423 e. The number of rotatable bonds is 2. The van der Waals surface area contributed by atoms with Crippen LogP contribution >= 0.6 is 0 Å². The first kappa shape index (κ1) is 11.8. The Morgan fingerprint density at radius 3 is 2.88 bits per heavy atom. The summed E-state index contributed by atoms with van der Waals surface area (Å²) in [5.74, 6) is 0. The number of nitrogens with zero attached hydrogens (tertiary/aromatic N) is 1. The average molecular weight is 233 g/mol. The lowest BCUT2D eigenvalue weighted by molar-refractivity contribution is -0.400. The van der Waals surface area contributed by atoms with E-state index in [1.54, 1.807) is 12.1 Å². The molecule has 0 amide bonds. The second-order valence-electron chi connectivity index (χ2n) is 4.43. The minimum atomic E-state index is -0.969. The van der Waals surface area contributed by atoms with Crippen molar-refractivity contribution >= 4 is 18.7 Å². The smallest absolute Gasteiger partial charge is 0.423 e. The first-order valence-electron chi connectivity index (χ1n) is 5.22. The third-order valence-electron chi connectivity index (χ3n) is 2.79. The first-order chi connectivity index (χ1) is 7.90. The van der Waals surface area contributed by atoms with Crippen molar-refractivity contribution in [3.8, 4) is 0 Å². The summed E-state index contributed by atoms with van der Waals surface area (Å²) in [6.07, 6.45) is 2.26. The molecule has 1 aromatic carbocycles. The summed E-state index contributed by atoms with van der Waals surface area (Å²) in [6.45, 7) is 3.74. The van der Waals surface area contributed by atoms with Gasteiger partial charge in [0, 0.05) is 6.08 Å². The Morgan fingerprint density at radius 1 is 1.53 bits per heavy atom. The highest BCUT2D eigenvalue weighted by Gasteiger charge is 2.40. The fourth-order valence-corrected chi connectivity index (χ4v) is 1.99. The summed E-state index contributed by atoms with van der Waals surface area (Å²) in [5, 5.41) is 20.0. The molecule has 1 N–H and O–H groups in total. The third-order valence-corrected chi connectivity index (χ3v) is 2.79. The SMILES string of the molecule is CC1(C)OB(O)c2cc(C=C[N+](=O)[O-])ccc21. The van der Waals surface area contributed by atoms with Crippen molar-refractivity contribution in [1.82, 2.24) is 0 Å². The maximum Gasteiger partial charge on any atom is 0.492 e. The molecule has 0 atom stereocenters. The minimum absolute atomic E-state index is 0.524. The predicted molar refractivity (Wildman–Crippen MR) is 64.2 cm³/mol. The maximum absolute atomic E-state index is 10.2. The molecule has 1 aliphatic rings. The van der Waals surface area contributed by atoms with E-state index in [2.05, 4.69) is 0 Å². The summed E-state index contributed by atoms with van der Waals surface area (Å²) < 4.78 is 5.40. The molecule has 6 heteroatoms. The van der Waals surface area contributed by atoms with Crippen LogP contribution in [0.5, 0.6) is 0 Å². The van der Waals surface area contributed by atoms with E-state index in [4.69, 9.17) is 4.65 Å². The van der Waals surface area contributed by atoms with Crippen molar-refractivity contribution in [2.75, 3.05) is 0 Å². The lowest BCUT2D eigenvalue weighted by atomic mass is 9.77. The molecule has 0 aliphatic carbocycles. The van der Waals surface area contributed by atoms with Crippen molar-refractivity contribution in [2.24, 2.45) is 0 Å². The lowest BCUT2D eigenvalue weighted by Gasteiger charge is -2.19. The van der Waals surface area contributed by atoms with Gasteiger partial charge in [-0.15, -0.1) is 0 Å². The standard InChI is InChI=1S/C11H12BNO4/c1-11(2)9-4-3-8(5-6-13(15)16)7-10(9)12(14)17-11/h3-7,14H,1-2H3. The molecule has 1 aromatic rings. The molecule has 0 saturated heterocycles. The van der Waals surface area contributed by atoms with Gasteiger partial charge in [-0.2, -0.15) is 0 Å². The Balaban J connectivity index is 2.39. The Morgan fingerprint density at radius 2 is 2.24 bits per heavy atom. The van der Waals surface area contributed by atoms with E-state index in [0.29, 0.717) is 11.0 Å². The second kappa shape index (κ2) is 3.98. The Kier molecular flexibility index (Phi) is 2.77. The summed E-state index contributed by atoms with van der Waals surface area (Å²) >= 11 is 0. The second-order valence-corrected chi connectivity index (χ2v) is 4.43. The van der Waals surface area contributed by atoms with Crippen LogP contribution in [0, 0.1) is 10.1 Å². The molecule has 1 aliphatic heterocycles. The van der Waals surface area contributed by atoms with Crippen LogP contribution in [-0.4, -0.2) is 17.1 Å². The van der Waals surface area contributed by atoms with Gasteiger partial charge in [-0.3, -0.25) is 10.1 Å². The van der Waals surface area contributed by atoms with Gasteiger partial charge in [0.15, 0.2) is 0 Å². The van der Waals surface area contributed by atoms with Crippen LogP contribution in [0.25, 0.3) is 6.08 Å². The van der Waals surface area contributed by atoms with Crippen molar-refractivity contribution in [2.45, 2.75) is 19.4 Å². The van der Waals surface area contributed by atoms with Crippen LogP contribution in [0.1, 0.15) is 25.0 Å². The summed E-state index contributed by atoms with van der Waals surface area (Å²) in [4.78, 5) is 9.69. The molecule has 0 fully saturated rings. The van der Waals surface area contributed by atoms with E-state index in [9.17, 15) is 15.1 Å². The van der Waals surface area contributed by atoms with Crippen molar-refractivity contribution < 1.29 is 14.6 Å². The first-order valence-corrected chi connectivity index (χ1v) is 5.22. The van der Waals surface area contributed by atoms with Crippen LogP contribution in [0.2, 0.25) is 0 Å². The van der Waals surface area contributed by atoms with Crippen LogP contribution in [0.15, 0.2) is 24.4 Å². The Bertz CT molecular complexity index is 498. The molecule has 0 unspecified atom stereocenters. The van der Waals surface area contributed by atoms with Crippen molar-refractivity contribution in [1.29, 1.82) is 0 Å². The predicted octanol–water partition coefficient (Wildman–Crippen LogP) is 0.887. The van der Waals surface area contributed by atoms with E-state index >= 15 is 0 Å². The van der Waals surface area contributed by atoms with Gasteiger partial charge < -0.3 is 9.68 Å². The highest BCUT2D eigenvalue weighted by atomic mass is 16.6.